The van der Waals surface area contributed by atoms with E-state index in [1.807, 2.05) is 0 Å². The molecule has 1 aromatic carbocycles. The molecule has 2 aromatic rings. The molecule has 9 nitrogen and oxygen atoms in total. The SMILES string of the molecule is CC(=O)Nc1nc2c(o1)C[C@@H]1[C@H](CCCN1C)C2.O=C(O)c1ccc(C(=O)O)cc1. The van der Waals surface area contributed by atoms with Crippen LogP contribution in [0, 0.1) is 5.92 Å². The molecule has 4 rings (SSSR count). The summed E-state index contributed by atoms with van der Waals surface area (Å²) in [6.07, 6.45) is 4.44. The second kappa shape index (κ2) is 9.08. The van der Waals surface area contributed by atoms with E-state index >= 15 is 0 Å². The molecule has 9 heteroatoms. The molecule has 0 unspecified atom stereocenters. The van der Waals surface area contributed by atoms with E-state index in [4.69, 9.17) is 14.6 Å². The van der Waals surface area contributed by atoms with E-state index in [0.29, 0.717) is 18.0 Å². The van der Waals surface area contributed by atoms with Crippen LogP contribution in [-0.4, -0.2) is 57.6 Å². The lowest BCUT2D eigenvalue weighted by molar-refractivity contribution is -0.114. The van der Waals surface area contributed by atoms with E-state index < -0.39 is 11.9 Å². The molecule has 2 heterocycles. The fraction of sp³-hybridized carbons (Fsp3) is 0.429. The maximum atomic E-state index is 11.0. The first kappa shape index (κ1) is 21.5. The highest BCUT2D eigenvalue weighted by molar-refractivity contribution is 5.91. The molecular weight excluding hydrogens is 390 g/mol. The molecule has 0 bridgehead atoms. The van der Waals surface area contributed by atoms with Gasteiger partial charge in [-0.15, -0.1) is 0 Å². The Morgan fingerprint density at radius 1 is 1.10 bits per heavy atom. The maximum Gasteiger partial charge on any atom is 0.335 e. The molecular formula is C21H25N3O6. The van der Waals surface area contributed by atoms with Crippen LogP contribution in [0.1, 0.15) is 51.9 Å². The molecule has 1 aromatic heterocycles. The number of rotatable bonds is 3. The van der Waals surface area contributed by atoms with Crippen LogP contribution in [0.2, 0.25) is 0 Å². The summed E-state index contributed by atoms with van der Waals surface area (Å²) in [6.45, 7) is 2.64. The Morgan fingerprint density at radius 3 is 2.23 bits per heavy atom. The van der Waals surface area contributed by atoms with Gasteiger partial charge in [0.1, 0.15) is 5.76 Å². The van der Waals surface area contributed by atoms with Crippen molar-refractivity contribution < 1.29 is 29.0 Å². The average molecular weight is 415 g/mol. The van der Waals surface area contributed by atoms with E-state index in [1.54, 1.807) is 0 Å². The lowest BCUT2D eigenvalue weighted by Gasteiger charge is -2.41. The second-order valence-electron chi connectivity index (χ2n) is 7.62. The number of aromatic nitrogens is 1. The Kier molecular flexibility index (Phi) is 6.51. The number of carbonyl (C=O) groups is 3. The molecule has 2 aliphatic rings. The first-order chi connectivity index (χ1) is 14.2. The Balaban J connectivity index is 0.000000187. The number of nitrogens with zero attached hydrogens (tertiary/aromatic N) is 2. The number of carboxylic acid groups (broad SMARTS) is 2. The molecule has 0 radical (unpaired) electrons. The van der Waals surface area contributed by atoms with E-state index in [1.165, 1.54) is 50.6 Å². The Labute approximate surface area is 173 Å². The van der Waals surface area contributed by atoms with Gasteiger partial charge in [0.05, 0.1) is 16.8 Å². The molecule has 1 amide bonds. The predicted molar refractivity (Wildman–Crippen MR) is 108 cm³/mol. The number of likely N-dealkylation sites (N-methyl/N-ethyl adjacent to an activating group) is 1. The Morgan fingerprint density at radius 2 is 1.70 bits per heavy atom. The van der Waals surface area contributed by atoms with Gasteiger partial charge in [0.2, 0.25) is 5.91 Å². The van der Waals surface area contributed by atoms with E-state index in [9.17, 15) is 14.4 Å². The normalized spacial score (nSPS) is 20.2. The topological polar surface area (TPSA) is 133 Å². The van der Waals surface area contributed by atoms with Crippen LogP contribution >= 0.6 is 0 Å². The average Bonchev–Trinajstić information content (AvgIpc) is 3.07. The molecule has 2 atom stereocenters. The highest BCUT2D eigenvalue weighted by atomic mass is 16.4. The van der Waals surface area contributed by atoms with E-state index in [0.717, 1.165) is 24.3 Å². The lowest BCUT2D eigenvalue weighted by atomic mass is 9.79. The maximum absolute atomic E-state index is 11.0. The number of oxazole rings is 1. The number of likely N-dealkylation sites (tertiary alicyclic amines) is 1. The van der Waals surface area contributed by atoms with Gasteiger partial charge in [0.15, 0.2) is 0 Å². The number of fused-ring (bicyclic) bond motifs is 2. The standard InChI is InChI=1S/C13H19N3O2.C8H6O4/c1-8(17)14-13-15-10-6-9-4-3-5-16(2)11(9)7-12(10)18-13;9-7(10)5-1-2-6(4-3-5)8(11)12/h9,11H,3-7H2,1-2H3,(H,14,15,17);1-4H,(H,9,10)(H,11,12)/t9-,11-;/m1./s1. The number of nitrogens with one attached hydrogen (secondary N) is 1. The molecule has 0 saturated carbocycles. The van der Waals surface area contributed by atoms with Gasteiger partial charge >= 0.3 is 18.0 Å². The summed E-state index contributed by atoms with van der Waals surface area (Å²) in [5.74, 6) is -0.623. The predicted octanol–water partition coefficient (Wildman–Crippen LogP) is 2.53. The third-order valence-electron chi connectivity index (χ3n) is 5.49. The van der Waals surface area contributed by atoms with Gasteiger partial charge < -0.3 is 19.5 Å². The number of anilines is 1. The molecule has 1 fully saturated rings. The van der Waals surface area contributed by atoms with Crippen molar-refractivity contribution in [3.63, 3.8) is 0 Å². The van der Waals surface area contributed by atoms with Gasteiger partial charge in [-0.2, -0.15) is 4.98 Å². The molecule has 1 saturated heterocycles. The van der Waals surface area contributed by atoms with Crippen LogP contribution < -0.4 is 5.32 Å². The summed E-state index contributed by atoms with van der Waals surface area (Å²) in [5.41, 5.74) is 1.20. The first-order valence-corrected chi connectivity index (χ1v) is 9.77. The number of carboxylic acids is 2. The second-order valence-corrected chi connectivity index (χ2v) is 7.62. The van der Waals surface area contributed by atoms with Gasteiger partial charge in [-0.3, -0.25) is 10.1 Å². The summed E-state index contributed by atoms with van der Waals surface area (Å²) >= 11 is 0. The largest absolute Gasteiger partial charge is 0.478 e. The fourth-order valence-corrected chi connectivity index (χ4v) is 3.98. The van der Waals surface area contributed by atoms with Gasteiger partial charge in [-0.25, -0.2) is 9.59 Å². The van der Waals surface area contributed by atoms with Crippen molar-refractivity contribution in [1.29, 1.82) is 0 Å². The molecule has 1 aliphatic heterocycles. The first-order valence-electron chi connectivity index (χ1n) is 9.77. The molecule has 0 spiro atoms. The lowest BCUT2D eigenvalue weighted by Crippen LogP contribution is -2.46. The summed E-state index contributed by atoms with van der Waals surface area (Å²) in [7, 11) is 2.19. The molecule has 1 aliphatic carbocycles. The highest BCUT2D eigenvalue weighted by Gasteiger charge is 2.36. The Hall–Kier alpha value is -3.20. The van der Waals surface area contributed by atoms with E-state index in [2.05, 4.69) is 22.2 Å². The monoisotopic (exact) mass is 415 g/mol. The third-order valence-corrected chi connectivity index (χ3v) is 5.49. The van der Waals surface area contributed by atoms with Crippen molar-refractivity contribution in [1.82, 2.24) is 9.88 Å². The smallest absolute Gasteiger partial charge is 0.335 e. The fourth-order valence-electron chi connectivity index (χ4n) is 3.98. The van der Waals surface area contributed by atoms with Crippen molar-refractivity contribution in [2.45, 2.75) is 38.6 Å². The number of aromatic carboxylic acids is 2. The summed E-state index contributed by atoms with van der Waals surface area (Å²) in [4.78, 5) is 38.5. The number of hydrogen-bond acceptors (Lipinski definition) is 6. The number of hydrogen-bond donors (Lipinski definition) is 3. The minimum atomic E-state index is -1.06. The van der Waals surface area contributed by atoms with Crippen LogP contribution in [0.25, 0.3) is 0 Å². The summed E-state index contributed by atoms with van der Waals surface area (Å²) < 4.78 is 5.64. The summed E-state index contributed by atoms with van der Waals surface area (Å²) in [5, 5.41) is 19.6. The zero-order valence-corrected chi connectivity index (χ0v) is 16.9. The Bertz CT molecular complexity index is 904. The number of amides is 1. The quantitative estimate of drug-likeness (QED) is 0.696. The third kappa shape index (κ3) is 5.04. The number of carbonyl (C=O) groups excluding carboxylic acids is 1. The molecule has 160 valence electrons. The van der Waals surface area contributed by atoms with Gasteiger partial charge in [-0.1, -0.05) is 0 Å². The van der Waals surface area contributed by atoms with E-state index in [-0.39, 0.29) is 17.0 Å². The van der Waals surface area contributed by atoms with Crippen molar-refractivity contribution >= 4 is 23.9 Å². The van der Waals surface area contributed by atoms with Crippen molar-refractivity contribution in [3.8, 4) is 0 Å². The minimum Gasteiger partial charge on any atom is -0.478 e. The van der Waals surface area contributed by atoms with Crippen LogP contribution in [0.5, 0.6) is 0 Å². The zero-order chi connectivity index (χ0) is 21.8. The van der Waals surface area contributed by atoms with Crippen LogP contribution in [0.3, 0.4) is 0 Å². The van der Waals surface area contributed by atoms with Gasteiger partial charge in [-0.05, 0) is 63.0 Å². The van der Waals surface area contributed by atoms with Crippen molar-refractivity contribution in [2.75, 3.05) is 18.9 Å². The number of piperidine rings is 1. The van der Waals surface area contributed by atoms with Crippen LogP contribution in [-0.2, 0) is 17.6 Å². The van der Waals surface area contributed by atoms with Crippen LogP contribution in [0.15, 0.2) is 28.7 Å². The van der Waals surface area contributed by atoms with Gasteiger partial charge in [0, 0.05) is 19.4 Å². The van der Waals surface area contributed by atoms with Gasteiger partial charge in [0.25, 0.3) is 0 Å². The van der Waals surface area contributed by atoms with Crippen molar-refractivity contribution in [2.24, 2.45) is 5.92 Å². The number of benzene rings is 1. The molecule has 3 N–H and O–H groups in total. The van der Waals surface area contributed by atoms with Crippen LogP contribution in [0.4, 0.5) is 6.01 Å². The zero-order valence-electron chi connectivity index (χ0n) is 16.9. The summed E-state index contributed by atoms with van der Waals surface area (Å²) in [6, 6.07) is 5.95. The van der Waals surface area contributed by atoms with Crippen molar-refractivity contribution in [3.05, 3.63) is 46.8 Å². The molecule has 30 heavy (non-hydrogen) atoms. The highest BCUT2D eigenvalue weighted by Crippen LogP contribution is 2.35. The minimum absolute atomic E-state index is 0.0833.